The second-order valence-electron chi connectivity index (χ2n) is 3.37. The molecular weight excluding hydrogens is 245 g/mol. The van der Waals surface area contributed by atoms with E-state index >= 15 is 0 Å². The molecule has 2 aromatic rings. The minimum Gasteiger partial charge on any atom is -0.438 e. The van der Waals surface area contributed by atoms with Gasteiger partial charge in [-0.2, -0.15) is 0 Å². The van der Waals surface area contributed by atoms with Gasteiger partial charge in [-0.3, -0.25) is 0 Å². The van der Waals surface area contributed by atoms with Crippen LogP contribution in [0.5, 0.6) is 11.6 Å². The predicted molar refractivity (Wildman–Crippen MR) is 62.7 cm³/mol. The van der Waals surface area contributed by atoms with Crippen molar-refractivity contribution < 1.29 is 9.13 Å². The first-order valence-electron chi connectivity index (χ1n) is 4.78. The molecule has 17 heavy (non-hydrogen) atoms. The zero-order valence-electron chi connectivity index (χ0n) is 8.95. The molecule has 1 aromatic carbocycles. The molecule has 0 saturated carbocycles. The number of halogens is 2. The van der Waals surface area contributed by atoms with Crippen LogP contribution in [0, 0.1) is 12.7 Å². The summed E-state index contributed by atoms with van der Waals surface area (Å²) in [6.45, 7) is 1.72. The third-order valence-corrected chi connectivity index (χ3v) is 2.49. The second-order valence-corrected chi connectivity index (χ2v) is 3.77. The van der Waals surface area contributed by atoms with E-state index in [-0.39, 0.29) is 5.02 Å². The number of aromatic nitrogens is 2. The maximum Gasteiger partial charge on any atom is 0.227 e. The molecule has 0 saturated heterocycles. The standard InChI is InChI=1S/C11H9ClFN3O/c1-6-10(14)15-5-16-11(6)17-7-2-3-8(12)9(13)4-7/h2-5H,1H3,(H2,14,15,16). The van der Waals surface area contributed by atoms with E-state index in [9.17, 15) is 4.39 Å². The number of nitrogen functional groups attached to an aromatic ring is 1. The summed E-state index contributed by atoms with van der Waals surface area (Å²) in [5.41, 5.74) is 6.20. The van der Waals surface area contributed by atoms with Crippen molar-refractivity contribution in [1.29, 1.82) is 0 Å². The van der Waals surface area contributed by atoms with Crippen LogP contribution in [-0.4, -0.2) is 9.97 Å². The molecule has 0 spiro atoms. The van der Waals surface area contributed by atoms with Gasteiger partial charge in [0.05, 0.1) is 10.6 Å². The van der Waals surface area contributed by atoms with Crippen molar-refractivity contribution in [3.63, 3.8) is 0 Å². The summed E-state index contributed by atoms with van der Waals surface area (Å²) < 4.78 is 18.6. The van der Waals surface area contributed by atoms with E-state index in [1.54, 1.807) is 13.0 Å². The zero-order valence-corrected chi connectivity index (χ0v) is 9.70. The van der Waals surface area contributed by atoms with Crippen LogP contribution in [0.1, 0.15) is 5.56 Å². The van der Waals surface area contributed by atoms with Crippen LogP contribution in [0.25, 0.3) is 0 Å². The Morgan fingerprint density at radius 1 is 1.35 bits per heavy atom. The first-order chi connectivity index (χ1) is 8.08. The van der Waals surface area contributed by atoms with Crippen LogP contribution in [0.4, 0.5) is 10.2 Å². The minimum atomic E-state index is -0.552. The Labute approximate surface area is 102 Å². The van der Waals surface area contributed by atoms with Gasteiger partial charge in [0, 0.05) is 6.07 Å². The van der Waals surface area contributed by atoms with Crippen LogP contribution < -0.4 is 10.5 Å². The molecule has 0 fully saturated rings. The molecule has 6 heteroatoms. The molecular formula is C11H9ClFN3O. The molecule has 0 bridgehead atoms. The van der Waals surface area contributed by atoms with E-state index < -0.39 is 5.82 Å². The van der Waals surface area contributed by atoms with Gasteiger partial charge in [0.15, 0.2) is 0 Å². The van der Waals surface area contributed by atoms with Gasteiger partial charge in [0.1, 0.15) is 23.7 Å². The third kappa shape index (κ3) is 2.45. The normalized spacial score (nSPS) is 10.3. The van der Waals surface area contributed by atoms with Gasteiger partial charge in [-0.1, -0.05) is 11.6 Å². The number of ether oxygens (including phenoxy) is 1. The molecule has 2 rings (SSSR count). The fourth-order valence-electron chi connectivity index (χ4n) is 1.20. The molecule has 2 N–H and O–H groups in total. The smallest absolute Gasteiger partial charge is 0.227 e. The van der Waals surface area contributed by atoms with Crippen molar-refractivity contribution in [1.82, 2.24) is 9.97 Å². The number of benzene rings is 1. The Balaban J connectivity index is 2.31. The summed E-state index contributed by atoms with van der Waals surface area (Å²) in [4.78, 5) is 7.72. The van der Waals surface area contributed by atoms with E-state index in [0.29, 0.717) is 23.0 Å². The fraction of sp³-hybridized carbons (Fsp3) is 0.0909. The van der Waals surface area contributed by atoms with E-state index in [1.165, 1.54) is 18.5 Å². The lowest BCUT2D eigenvalue weighted by molar-refractivity contribution is 0.453. The number of hydrogen-bond donors (Lipinski definition) is 1. The summed E-state index contributed by atoms with van der Waals surface area (Å²) in [5, 5.41) is 0.0382. The van der Waals surface area contributed by atoms with Crippen molar-refractivity contribution in [3.05, 3.63) is 40.9 Å². The lowest BCUT2D eigenvalue weighted by atomic mass is 10.3. The highest BCUT2D eigenvalue weighted by Crippen LogP contribution is 2.27. The summed E-state index contributed by atoms with van der Waals surface area (Å²) in [5.74, 6) is 0.362. The number of rotatable bonds is 2. The molecule has 0 aliphatic rings. The summed E-state index contributed by atoms with van der Waals surface area (Å²) >= 11 is 5.56. The average Bonchev–Trinajstić information content (AvgIpc) is 2.30. The first-order valence-corrected chi connectivity index (χ1v) is 5.15. The van der Waals surface area contributed by atoms with E-state index in [0.717, 1.165) is 0 Å². The summed E-state index contributed by atoms with van der Waals surface area (Å²) in [7, 11) is 0. The molecule has 0 aliphatic carbocycles. The Bertz CT molecular complexity index is 562. The molecule has 0 radical (unpaired) electrons. The lowest BCUT2D eigenvalue weighted by Gasteiger charge is -2.08. The van der Waals surface area contributed by atoms with Gasteiger partial charge in [0.2, 0.25) is 5.88 Å². The molecule has 1 aromatic heterocycles. The highest BCUT2D eigenvalue weighted by atomic mass is 35.5. The zero-order chi connectivity index (χ0) is 12.4. The third-order valence-electron chi connectivity index (χ3n) is 2.18. The van der Waals surface area contributed by atoms with Crippen molar-refractivity contribution in [3.8, 4) is 11.6 Å². The molecule has 88 valence electrons. The molecule has 4 nitrogen and oxygen atoms in total. The Kier molecular flexibility index (Phi) is 3.10. The van der Waals surface area contributed by atoms with Crippen LogP contribution in [0.2, 0.25) is 5.02 Å². The predicted octanol–water partition coefficient (Wildman–Crippen LogP) is 2.95. The Morgan fingerprint density at radius 2 is 2.12 bits per heavy atom. The number of nitrogens with zero attached hydrogens (tertiary/aromatic N) is 2. The fourth-order valence-corrected chi connectivity index (χ4v) is 1.32. The summed E-state index contributed by atoms with van der Waals surface area (Å²) in [6, 6.07) is 4.13. The van der Waals surface area contributed by atoms with Crippen molar-refractivity contribution in [2.24, 2.45) is 0 Å². The first kappa shape index (κ1) is 11.6. The maximum absolute atomic E-state index is 13.2. The van der Waals surface area contributed by atoms with Crippen LogP contribution in [0.15, 0.2) is 24.5 Å². The van der Waals surface area contributed by atoms with E-state index in [2.05, 4.69) is 9.97 Å². The Morgan fingerprint density at radius 3 is 2.82 bits per heavy atom. The van der Waals surface area contributed by atoms with Crippen molar-refractivity contribution in [2.45, 2.75) is 6.92 Å². The monoisotopic (exact) mass is 253 g/mol. The van der Waals surface area contributed by atoms with E-state index in [4.69, 9.17) is 22.1 Å². The van der Waals surface area contributed by atoms with Crippen molar-refractivity contribution in [2.75, 3.05) is 5.73 Å². The highest BCUT2D eigenvalue weighted by Gasteiger charge is 2.08. The Hall–Kier alpha value is -1.88. The van der Waals surface area contributed by atoms with E-state index in [1.807, 2.05) is 0 Å². The van der Waals surface area contributed by atoms with Gasteiger partial charge < -0.3 is 10.5 Å². The average molecular weight is 254 g/mol. The number of anilines is 1. The van der Waals surface area contributed by atoms with Crippen LogP contribution in [0.3, 0.4) is 0 Å². The molecule has 0 atom stereocenters. The van der Waals surface area contributed by atoms with Gasteiger partial charge in [0.25, 0.3) is 0 Å². The van der Waals surface area contributed by atoms with Crippen molar-refractivity contribution >= 4 is 17.4 Å². The highest BCUT2D eigenvalue weighted by molar-refractivity contribution is 6.30. The second kappa shape index (κ2) is 4.55. The molecule has 0 aliphatic heterocycles. The number of nitrogens with two attached hydrogens (primary N) is 1. The largest absolute Gasteiger partial charge is 0.438 e. The minimum absolute atomic E-state index is 0.0382. The van der Waals surface area contributed by atoms with Gasteiger partial charge in [-0.05, 0) is 19.1 Å². The topological polar surface area (TPSA) is 61.0 Å². The molecule has 1 heterocycles. The molecule has 0 amide bonds. The van der Waals surface area contributed by atoms with Crippen LogP contribution >= 0.6 is 11.6 Å². The molecule has 0 unspecified atom stereocenters. The van der Waals surface area contributed by atoms with Gasteiger partial charge >= 0.3 is 0 Å². The SMILES string of the molecule is Cc1c(N)ncnc1Oc1ccc(Cl)c(F)c1. The lowest BCUT2D eigenvalue weighted by Crippen LogP contribution is -1.99. The quantitative estimate of drug-likeness (QED) is 0.894. The summed E-state index contributed by atoms with van der Waals surface area (Å²) in [6.07, 6.45) is 1.28. The maximum atomic E-state index is 13.2. The van der Waals surface area contributed by atoms with Gasteiger partial charge in [-0.15, -0.1) is 0 Å². The number of hydrogen-bond acceptors (Lipinski definition) is 4. The van der Waals surface area contributed by atoms with Crippen LogP contribution in [-0.2, 0) is 0 Å². The van der Waals surface area contributed by atoms with Gasteiger partial charge in [-0.25, -0.2) is 14.4 Å².